The Morgan fingerprint density at radius 3 is 2.26 bits per heavy atom. The van der Waals surface area contributed by atoms with E-state index in [9.17, 15) is 23.5 Å². The number of ether oxygens (including phenoxy) is 2. The van der Waals surface area contributed by atoms with Crippen molar-refractivity contribution in [2.75, 3.05) is 18.0 Å². The molecule has 8 nitrogen and oxygen atoms in total. The monoisotopic (exact) mass is 651 g/mol. The number of fused-ring (bicyclic) bond motifs is 1. The van der Waals surface area contributed by atoms with Crippen LogP contribution < -0.4 is 15.5 Å². The summed E-state index contributed by atoms with van der Waals surface area (Å²) in [5.74, 6) is -1.50. The predicted molar refractivity (Wildman–Crippen MR) is 178 cm³/mol. The van der Waals surface area contributed by atoms with Crippen molar-refractivity contribution in [2.24, 2.45) is 5.41 Å². The molecule has 254 valence electrons. The maximum absolute atomic E-state index is 14.0. The van der Waals surface area contributed by atoms with Crippen molar-refractivity contribution in [1.29, 1.82) is 0 Å². The number of hydrogen-bond donors (Lipinski definition) is 3. The van der Waals surface area contributed by atoms with Gasteiger partial charge in [0.05, 0.1) is 17.8 Å². The third-order valence-corrected chi connectivity index (χ3v) is 7.68. The number of benzene rings is 3. The first-order valence-corrected chi connectivity index (χ1v) is 16.0. The zero-order chi connectivity index (χ0) is 34.4. The molecule has 1 aliphatic heterocycles. The summed E-state index contributed by atoms with van der Waals surface area (Å²) < 4.78 is 39.0. The highest BCUT2D eigenvalue weighted by atomic mass is 19.1. The number of aliphatic hydroxyl groups is 1. The summed E-state index contributed by atoms with van der Waals surface area (Å²) in [4.78, 5) is 27.6. The Kier molecular flexibility index (Phi) is 11.6. The molecular weight excluding hydrogens is 604 g/mol. The van der Waals surface area contributed by atoms with Gasteiger partial charge < -0.3 is 25.2 Å². The second kappa shape index (κ2) is 15.3. The van der Waals surface area contributed by atoms with Gasteiger partial charge in [0.1, 0.15) is 23.8 Å². The molecule has 1 unspecified atom stereocenters. The Bertz CT molecular complexity index is 1500. The first-order chi connectivity index (χ1) is 22.1. The Hall–Kier alpha value is -4.02. The number of amides is 2. The summed E-state index contributed by atoms with van der Waals surface area (Å²) >= 11 is 0. The number of carbonyl (C=O) groups is 2. The lowest BCUT2D eigenvalue weighted by atomic mass is 9.86. The minimum absolute atomic E-state index is 0.0329. The summed E-state index contributed by atoms with van der Waals surface area (Å²) in [7, 11) is 0. The summed E-state index contributed by atoms with van der Waals surface area (Å²) in [6.07, 6.45) is -1.02. The van der Waals surface area contributed by atoms with Crippen LogP contribution in [-0.2, 0) is 28.9 Å². The second-order valence-electron chi connectivity index (χ2n) is 14.4. The van der Waals surface area contributed by atoms with E-state index in [2.05, 4.69) is 37.5 Å². The molecule has 1 heterocycles. The van der Waals surface area contributed by atoms with Crippen LogP contribution in [0, 0.1) is 17.0 Å². The number of hydrogen-bond acceptors (Lipinski definition) is 6. The number of nitrogens with one attached hydrogen (secondary N) is 2. The van der Waals surface area contributed by atoms with E-state index in [4.69, 9.17) is 9.47 Å². The topological polar surface area (TPSA) is 100 Å². The lowest BCUT2D eigenvalue weighted by Gasteiger charge is -2.36. The molecule has 3 aromatic rings. The SMILES string of the molecule is CC(C)(C)Cc1ccc2c(c1)C(NC[C@@H](O)[C@H](Cc1cc(F)cc(F)c1)NC(=O)OC(C)(C)C)CCN2C(=O)OCc1ccccc1. The van der Waals surface area contributed by atoms with E-state index in [0.29, 0.717) is 13.0 Å². The molecule has 1 aliphatic rings. The number of alkyl carbamates (subject to hydrolysis) is 1. The Morgan fingerprint density at radius 1 is 0.936 bits per heavy atom. The number of halogens is 2. The maximum Gasteiger partial charge on any atom is 0.414 e. The zero-order valence-electron chi connectivity index (χ0n) is 28.1. The fourth-order valence-corrected chi connectivity index (χ4v) is 5.71. The molecule has 3 aromatic carbocycles. The number of aliphatic hydroxyl groups excluding tert-OH is 1. The smallest absolute Gasteiger partial charge is 0.414 e. The molecule has 0 bridgehead atoms. The van der Waals surface area contributed by atoms with Crippen molar-refractivity contribution in [1.82, 2.24) is 10.6 Å². The summed E-state index contributed by atoms with van der Waals surface area (Å²) in [6, 6.07) is 17.5. The van der Waals surface area contributed by atoms with E-state index in [1.54, 1.807) is 25.7 Å². The van der Waals surface area contributed by atoms with Gasteiger partial charge in [0.25, 0.3) is 0 Å². The van der Waals surface area contributed by atoms with E-state index in [-0.39, 0.29) is 36.6 Å². The van der Waals surface area contributed by atoms with Gasteiger partial charge in [-0.2, -0.15) is 0 Å². The number of carbonyl (C=O) groups excluding carboxylic acids is 2. The lowest BCUT2D eigenvalue weighted by molar-refractivity contribution is 0.0419. The Balaban J connectivity index is 1.53. The van der Waals surface area contributed by atoms with Crippen molar-refractivity contribution in [3.05, 3.63) is 101 Å². The first kappa shape index (κ1) is 35.8. The Morgan fingerprint density at radius 2 is 1.62 bits per heavy atom. The van der Waals surface area contributed by atoms with Crippen LogP contribution in [0.3, 0.4) is 0 Å². The van der Waals surface area contributed by atoms with E-state index >= 15 is 0 Å². The van der Waals surface area contributed by atoms with Crippen LogP contribution in [0.15, 0.2) is 66.7 Å². The lowest BCUT2D eigenvalue weighted by Crippen LogP contribution is -2.50. The van der Waals surface area contributed by atoms with Crippen LogP contribution >= 0.6 is 0 Å². The van der Waals surface area contributed by atoms with Gasteiger partial charge in [0.15, 0.2) is 0 Å². The quantitative estimate of drug-likeness (QED) is 0.214. The predicted octanol–water partition coefficient (Wildman–Crippen LogP) is 7.23. The highest BCUT2D eigenvalue weighted by Gasteiger charge is 2.32. The molecule has 4 rings (SSSR count). The summed E-state index contributed by atoms with van der Waals surface area (Å²) in [5.41, 5.74) is 3.15. The fraction of sp³-hybridized carbons (Fsp3) is 0.459. The van der Waals surface area contributed by atoms with Crippen LogP contribution in [0.4, 0.5) is 24.1 Å². The number of rotatable bonds is 10. The molecular formula is C37H47F2N3O5. The molecule has 2 amide bonds. The van der Waals surface area contributed by atoms with Gasteiger partial charge in [-0.15, -0.1) is 0 Å². The van der Waals surface area contributed by atoms with Crippen molar-refractivity contribution in [3.8, 4) is 0 Å². The third-order valence-electron chi connectivity index (χ3n) is 7.68. The van der Waals surface area contributed by atoms with E-state index in [0.717, 1.165) is 34.9 Å². The average Bonchev–Trinajstić information content (AvgIpc) is 2.96. The normalized spacial score (nSPS) is 16.2. The third kappa shape index (κ3) is 11.0. The van der Waals surface area contributed by atoms with Gasteiger partial charge in [0, 0.05) is 25.2 Å². The van der Waals surface area contributed by atoms with Gasteiger partial charge in [-0.25, -0.2) is 18.4 Å². The van der Waals surface area contributed by atoms with Gasteiger partial charge in [0.2, 0.25) is 0 Å². The Labute approximate surface area is 276 Å². The highest BCUT2D eigenvalue weighted by Crippen LogP contribution is 2.36. The summed E-state index contributed by atoms with van der Waals surface area (Å²) in [5, 5.41) is 17.5. The maximum atomic E-state index is 14.0. The van der Waals surface area contributed by atoms with Crippen molar-refractivity contribution >= 4 is 17.9 Å². The van der Waals surface area contributed by atoms with Crippen LogP contribution in [-0.4, -0.2) is 48.1 Å². The zero-order valence-corrected chi connectivity index (χ0v) is 28.1. The molecule has 0 fully saturated rings. The van der Waals surface area contributed by atoms with Crippen LogP contribution in [0.2, 0.25) is 0 Å². The molecule has 3 atom stereocenters. The molecule has 10 heteroatoms. The van der Waals surface area contributed by atoms with Crippen LogP contribution in [0.5, 0.6) is 0 Å². The van der Waals surface area contributed by atoms with E-state index in [1.807, 2.05) is 42.5 Å². The minimum atomic E-state index is -1.15. The fourth-order valence-electron chi connectivity index (χ4n) is 5.71. The minimum Gasteiger partial charge on any atom is -0.444 e. The first-order valence-electron chi connectivity index (χ1n) is 16.0. The number of anilines is 1. The second-order valence-corrected chi connectivity index (χ2v) is 14.4. The molecule has 0 saturated heterocycles. The van der Waals surface area contributed by atoms with Gasteiger partial charge in [-0.3, -0.25) is 4.90 Å². The average molecular weight is 652 g/mol. The largest absolute Gasteiger partial charge is 0.444 e. The number of nitrogens with zero attached hydrogens (tertiary/aromatic N) is 1. The molecule has 0 radical (unpaired) electrons. The van der Waals surface area contributed by atoms with E-state index in [1.165, 1.54) is 12.1 Å². The van der Waals surface area contributed by atoms with Gasteiger partial charge in [-0.1, -0.05) is 63.2 Å². The molecule has 0 spiro atoms. The van der Waals surface area contributed by atoms with E-state index < -0.39 is 41.6 Å². The molecule has 0 aliphatic carbocycles. The highest BCUT2D eigenvalue weighted by molar-refractivity contribution is 5.89. The molecule has 3 N–H and O–H groups in total. The van der Waals surface area contributed by atoms with Crippen LogP contribution in [0.25, 0.3) is 0 Å². The van der Waals surface area contributed by atoms with Crippen molar-refractivity contribution in [2.45, 2.75) is 91.2 Å². The van der Waals surface area contributed by atoms with Gasteiger partial charge >= 0.3 is 12.2 Å². The van der Waals surface area contributed by atoms with Crippen molar-refractivity contribution < 1.29 is 33.0 Å². The van der Waals surface area contributed by atoms with Crippen molar-refractivity contribution in [3.63, 3.8) is 0 Å². The standard InChI is InChI=1S/C37H47F2N3O5/c1-36(2,3)21-25-12-13-32-29(18-25)30(14-15-42(32)35(45)46-23-24-10-8-7-9-11-24)40-22-33(43)31(41-34(44)47-37(4,5)6)19-26-16-27(38)20-28(39)17-26/h7-13,16-18,20,30-31,33,40,43H,14-15,19,21-23H2,1-6H3,(H,41,44)/t30?,31-,33+/m0/s1. The molecule has 0 aromatic heterocycles. The molecule has 0 saturated carbocycles. The molecule has 47 heavy (non-hydrogen) atoms. The van der Waals surface area contributed by atoms with Crippen LogP contribution in [0.1, 0.15) is 76.3 Å². The van der Waals surface area contributed by atoms with Gasteiger partial charge in [-0.05, 0) is 85.9 Å². The summed E-state index contributed by atoms with van der Waals surface area (Å²) in [6.45, 7) is 12.2.